The second-order valence-corrected chi connectivity index (χ2v) is 9.29. The minimum Gasteiger partial charge on any atom is -0.379 e. The molecule has 2 aromatic rings. The number of hydrogen-bond acceptors (Lipinski definition) is 4. The molecule has 0 spiro atoms. The first-order valence-corrected chi connectivity index (χ1v) is 11.4. The van der Waals surface area contributed by atoms with E-state index in [2.05, 4.69) is 19.2 Å². The molecule has 7 heteroatoms. The Hall–Kier alpha value is -2.22. The third-order valence-corrected chi connectivity index (χ3v) is 7.11. The third-order valence-electron chi connectivity index (χ3n) is 5.13. The lowest BCUT2D eigenvalue weighted by molar-refractivity contribution is 0.0730. The van der Waals surface area contributed by atoms with E-state index in [1.807, 2.05) is 31.2 Å². The Morgan fingerprint density at radius 3 is 2.48 bits per heavy atom. The van der Waals surface area contributed by atoms with Gasteiger partial charge in [0, 0.05) is 24.3 Å². The van der Waals surface area contributed by atoms with Crippen LogP contribution < -0.4 is 5.32 Å². The Bertz CT molecular complexity index is 980. The summed E-state index contributed by atoms with van der Waals surface area (Å²) in [4.78, 5) is 13.1. The Balaban J connectivity index is 1.93. The van der Waals surface area contributed by atoms with Crippen molar-refractivity contribution in [2.24, 2.45) is 0 Å². The topological polar surface area (TPSA) is 75.7 Å². The number of carbonyl (C=O) groups is 1. The molecule has 0 bridgehead atoms. The highest BCUT2D eigenvalue weighted by atomic mass is 32.2. The highest BCUT2D eigenvalue weighted by Crippen LogP contribution is 2.26. The summed E-state index contributed by atoms with van der Waals surface area (Å²) in [5, 5.41) is 2.94. The zero-order valence-corrected chi connectivity index (χ0v) is 18.0. The lowest BCUT2D eigenvalue weighted by Gasteiger charge is -2.27. The van der Waals surface area contributed by atoms with E-state index in [1.54, 1.807) is 12.1 Å². The van der Waals surface area contributed by atoms with Crippen LogP contribution in [0.5, 0.6) is 0 Å². The van der Waals surface area contributed by atoms with E-state index in [-0.39, 0.29) is 16.7 Å². The van der Waals surface area contributed by atoms with Crippen molar-refractivity contribution >= 4 is 21.6 Å². The van der Waals surface area contributed by atoms with Crippen LogP contribution in [0.2, 0.25) is 0 Å². The number of amides is 1. The Labute approximate surface area is 172 Å². The van der Waals surface area contributed by atoms with Gasteiger partial charge in [-0.25, -0.2) is 8.42 Å². The smallest absolute Gasteiger partial charge is 0.255 e. The molecule has 0 atom stereocenters. The van der Waals surface area contributed by atoms with E-state index >= 15 is 0 Å². The largest absolute Gasteiger partial charge is 0.379 e. The first-order chi connectivity index (χ1) is 13.8. The summed E-state index contributed by atoms with van der Waals surface area (Å²) in [5.74, 6) is -0.0644. The van der Waals surface area contributed by atoms with E-state index in [4.69, 9.17) is 4.74 Å². The Morgan fingerprint density at radius 1 is 1.14 bits per heavy atom. The highest BCUT2D eigenvalue weighted by Gasteiger charge is 2.29. The first kappa shape index (κ1) is 21.5. The molecule has 1 aliphatic heterocycles. The molecule has 156 valence electrons. The molecule has 2 aromatic carbocycles. The number of rotatable bonds is 6. The Kier molecular flexibility index (Phi) is 6.72. The van der Waals surface area contributed by atoms with Gasteiger partial charge in [0.15, 0.2) is 0 Å². The van der Waals surface area contributed by atoms with Crippen LogP contribution in [0.15, 0.2) is 47.4 Å². The zero-order valence-electron chi connectivity index (χ0n) is 17.1. The summed E-state index contributed by atoms with van der Waals surface area (Å²) in [6.07, 6.45) is 0.566. The number of carbonyl (C=O) groups excluding carboxylic acids is 1. The molecule has 1 fully saturated rings. The van der Waals surface area contributed by atoms with Crippen molar-refractivity contribution in [2.45, 2.75) is 38.0 Å². The van der Waals surface area contributed by atoms with Gasteiger partial charge < -0.3 is 10.1 Å². The van der Waals surface area contributed by atoms with E-state index in [0.717, 1.165) is 11.3 Å². The van der Waals surface area contributed by atoms with Crippen molar-refractivity contribution in [3.8, 4) is 0 Å². The fourth-order valence-electron chi connectivity index (χ4n) is 3.46. The fraction of sp³-hybridized carbons (Fsp3) is 0.409. The highest BCUT2D eigenvalue weighted by molar-refractivity contribution is 7.89. The molecule has 1 saturated heterocycles. The van der Waals surface area contributed by atoms with Gasteiger partial charge in [-0.1, -0.05) is 45.0 Å². The monoisotopic (exact) mass is 416 g/mol. The second kappa shape index (κ2) is 9.07. The summed E-state index contributed by atoms with van der Waals surface area (Å²) in [6.45, 7) is 7.45. The predicted molar refractivity (Wildman–Crippen MR) is 114 cm³/mol. The van der Waals surface area contributed by atoms with Crippen LogP contribution in [0.1, 0.15) is 48.2 Å². The molecule has 0 unspecified atom stereocenters. The average Bonchev–Trinajstić information content (AvgIpc) is 2.74. The van der Waals surface area contributed by atoms with E-state index in [1.165, 1.54) is 10.4 Å². The van der Waals surface area contributed by atoms with Crippen molar-refractivity contribution in [2.75, 3.05) is 31.6 Å². The van der Waals surface area contributed by atoms with Gasteiger partial charge in [0.25, 0.3) is 5.91 Å². The maximum absolute atomic E-state index is 13.2. The summed E-state index contributed by atoms with van der Waals surface area (Å²) < 4.78 is 33.1. The van der Waals surface area contributed by atoms with Crippen LogP contribution in [0.4, 0.5) is 5.69 Å². The number of nitrogens with zero attached hydrogens (tertiary/aromatic N) is 1. The molecule has 0 aromatic heterocycles. The van der Waals surface area contributed by atoms with E-state index in [0.29, 0.717) is 43.9 Å². The Morgan fingerprint density at radius 2 is 1.83 bits per heavy atom. The predicted octanol–water partition coefficient (Wildman–Crippen LogP) is 3.65. The molecule has 1 aliphatic rings. The molecule has 3 rings (SSSR count). The summed E-state index contributed by atoms with van der Waals surface area (Å²) in [6, 6.07) is 12.6. The van der Waals surface area contributed by atoms with Crippen molar-refractivity contribution in [3.63, 3.8) is 0 Å². The molecular weight excluding hydrogens is 388 g/mol. The number of benzene rings is 2. The van der Waals surface area contributed by atoms with Crippen molar-refractivity contribution in [3.05, 3.63) is 59.2 Å². The number of hydrogen-bond donors (Lipinski definition) is 1. The van der Waals surface area contributed by atoms with Crippen LogP contribution in [0, 0.1) is 0 Å². The van der Waals surface area contributed by atoms with Gasteiger partial charge in [-0.2, -0.15) is 4.31 Å². The van der Waals surface area contributed by atoms with Crippen LogP contribution in [-0.4, -0.2) is 44.9 Å². The fourth-order valence-corrected chi connectivity index (χ4v) is 5.19. The number of morpholine rings is 1. The number of nitrogens with one attached hydrogen (secondary N) is 1. The lowest BCUT2D eigenvalue weighted by atomic mass is 10.0. The van der Waals surface area contributed by atoms with Crippen molar-refractivity contribution in [1.29, 1.82) is 0 Å². The van der Waals surface area contributed by atoms with Crippen LogP contribution in [0.3, 0.4) is 0 Å². The molecule has 1 N–H and O–H groups in total. The molecule has 6 nitrogen and oxygen atoms in total. The number of anilines is 1. The molecule has 0 aliphatic carbocycles. The van der Waals surface area contributed by atoms with Crippen LogP contribution >= 0.6 is 0 Å². The maximum atomic E-state index is 13.2. The van der Waals surface area contributed by atoms with Gasteiger partial charge in [0.1, 0.15) is 0 Å². The number of ether oxygens (including phenoxy) is 1. The van der Waals surface area contributed by atoms with E-state index < -0.39 is 10.0 Å². The van der Waals surface area contributed by atoms with Gasteiger partial charge in [0.05, 0.1) is 18.1 Å². The standard InChI is InChI=1S/C22H28N2O4S/c1-4-17-9-10-18(15-21(17)29(26,27)24-11-13-28-14-12-24)22(25)23-20-8-6-5-7-19(20)16(2)3/h5-10,15-16H,4,11-14H2,1-3H3,(H,23,25). The minimum atomic E-state index is -3.68. The summed E-state index contributed by atoms with van der Waals surface area (Å²) in [5.41, 5.74) is 2.81. The summed E-state index contributed by atoms with van der Waals surface area (Å²) in [7, 11) is -3.68. The molecule has 0 saturated carbocycles. The summed E-state index contributed by atoms with van der Waals surface area (Å²) >= 11 is 0. The van der Waals surface area contributed by atoms with Gasteiger partial charge in [-0.3, -0.25) is 4.79 Å². The van der Waals surface area contributed by atoms with Crippen LogP contribution in [0.25, 0.3) is 0 Å². The second-order valence-electron chi connectivity index (χ2n) is 7.39. The van der Waals surface area contributed by atoms with Gasteiger partial charge in [-0.05, 0) is 41.7 Å². The number of sulfonamides is 1. The van der Waals surface area contributed by atoms with E-state index in [9.17, 15) is 13.2 Å². The van der Waals surface area contributed by atoms with Crippen molar-refractivity contribution in [1.82, 2.24) is 4.31 Å². The molecule has 29 heavy (non-hydrogen) atoms. The molecule has 1 heterocycles. The molecular formula is C22H28N2O4S. The van der Waals surface area contributed by atoms with Crippen molar-refractivity contribution < 1.29 is 17.9 Å². The quantitative estimate of drug-likeness (QED) is 0.780. The number of para-hydroxylation sites is 1. The molecule has 0 radical (unpaired) electrons. The molecule has 1 amide bonds. The zero-order chi connectivity index (χ0) is 21.0. The van der Waals surface area contributed by atoms with Gasteiger partial charge >= 0.3 is 0 Å². The minimum absolute atomic E-state index is 0.201. The van der Waals surface area contributed by atoms with Gasteiger partial charge in [0.2, 0.25) is 10.0 Å². The SMILES string of the molecule is CCc1ccc(C(=O)Nc2ccccc2C(C)C)cc1S(=O)(=O)N1CCOCC1. The third kappa shape index (κ3) is 4.69. The number of aryl methyl sites for hydroxylation is 1. The average molecular weight is 417 g/mol. The maximum Gasteiger partial charge on any atom is 0.255 e. The normalized spacial score (nSPS) is 15.4. The first-order valence-electron chi connectivity index (χ1n) is 9.95. The lowest BCUT2D eigenvalue weighted by Crippen LogP contribution is -2.41. The van der Waals surface area contributed by atoms with Crippen LogP contribution in [-0.2, 0) is 21.2 Å². The van der Waals surface area contributed by atoms with Gasteiger partial charge in [-0.15, -0.1) is 0 Å².